The number of carbonyl (C=O) groups is 1. The zero-order valence-electron chi connectivity index (χ0n) is 9.79. The first-order chi connectivity index (χ1) is 8.52. The van der Waals surface area contributed by atoms with Crippen molar-refractivity contribution in [3.05, 3.63) is 48.5 Å². The third kappa shape index (κ3) is 2.68. The molecule has 0 N–H and O–H groups in total. The smallest absolute Gasteiger partial charge is 0.195 e. The zero-order chi connectivity index (χ0) is 13.3. The van der Waals surface area contributed by atoms with Gasteiger partial charge in [-0.2, -0.15) is 0 Å². The zero-order valence-corrected chi connectivity index (χ0v) is 13.8. The first-order valence-electron chi connectivity index (χ1n) is 5.17. The van der Waals surface area contributed by atoms with E-state index in [1.807, 2.05) is 25.1 Å². The highest BCUT2D eigenvalue weighted by Gasteiger charge is 2.16. The average Bonchev–Trinajstić information content (AvgIpc) is 2.67. The van der Waals surface area contributed by atoms with Gasteiger partial charge in [0.1, 0.15) is 5.75 Å². The normalized spacial score (nSPS) is 10.4. The van der Waals surface area contributed by atoms with Gasteiger partial charge in [0.15, 0.2) is 5.78 Å². The van der Waals surface area contributed by atoms with E-state index in [-0.39, 0.29) is 5.78 Å². The first-order valence-corrected chi connectivity index (χ1v) is 7.57. The second-order valence-corrected chi connectivity index (χ2v) is 7.50. The molecule has 0 radical (unpaired) electrons. The first kappa shape index (κ1) is 13.8. The standard InChI is InChI=1S/C13H10Br2O2S/c1-7-5-8(3-4-10(7)17-2)12(16)9-6-11(14)18-13(9)15/h3-6H,1-2H3. The van der Waals surface area contributed by atoms with E-state index in [1.165, 1.54) is 11.3 Å². The van der Waals surface area contributed by atoms with Crippen LogP contribution in [0.25, 0.3) is 0 Å². The number of benzene rings is 1. The second kappa shape index (κ2) is 5.55. The maximum atomic E-state index is 12.3. The van der Waals surface area contributed by atoms with Gasteiger partial charge >= 0.3 is 0 Å². The summed E-state index contributed by atoms with van der Waals surface area (Å²) in [5.74, 6) is 0.798. The van der Waals surface area contributed by atoms with Crippen molar-refractivity contribution in [3.63, 3.8) is 0 Å². The molecule has 0 unspecified atom stereocenters. The van der Waals surface area contributed by atoms with Crippen LogP contribution in [0.15, 0.2) is 31.8 Å². The van der Waals surface area contributed by atoms with Crippen molar-refractivity contribution in [2.45, 2.75) is 6.92 Å². The molecular formula is C13H10Br2O2S. The van der Waals surface area contributed by atoms with Crippen molar-refractivity contribution < 1.29 is 9.53 Å². The summed E-state index contributed by atoms with van der Waals surface area (Å²) in [6.07, 6.45) is 0. The summed E-state index contributed by atoms with van der Waals surface area (Å²) in [4.78, 5) is 12.3. The molecule has 2 aromatic rings. The number of ketones is 1. The van der Waals surface area contributed by atoms with E-state index < -0.39 is 0 Å². The maximum absolute atomic E-state index is 12.3. The molecule has 1 aromatic heterocycles. The third-order valence-electron chi connectivity index (χ3n) is 2.56. The van der Waals surface area contributed by atoms with Crippen LogP contribution >= 0.6 is 43.2 Å². The van der Waals surface area contributed by atoms with Crippen molar-refractivity contribution in [1.29, 1.82) is 0 Å². The minimum Gasteiger partial charge on any atom is -0.496 e. The van der Waals surface area contributed by atoms with Gasteiger partial charge in [-0.1, -0.05) is 0 Å². The third-order valence-corrected chi connectivity index (χ3v) is 4.90. The van der Waals surface area contributed by atoms with Gasteiger partial charge in [-0.25, -0.2) is 0 Å². The molecule has 0 aliphatic heterocycles. The summed E-state index contributed by atoms with van der Waals surface area (Å²) in [6.45, 7) is 1.92. The Morgan fingerprint density at radius 2 is 2.00 bits per heavy atom. The van der Waals surface area contributed by atoms with Crippen LogP contribution in [-0.4, -0.2) is 12.9 Å². The Kier molecular flexibility index (Phi) is 4.25. The molecule has 0 saturated heterocycles. The van der Waals surface area contributed by atoms with Crippen molar-refractivity contribution in [2.24, 2.45) is 0 Å². The van der Waals surface area contributed by atoms with E-state index in [0.29, 0.717) is 11.1 Å². The predicted octanol–water partition coefficient (Wildman–Crippen LogP) is 4.82. The molecule has 5 heteroatoms. The Morgan fingerprint density at radius 1 is 1.28 bits per heavy atom. The van der Waals surface area contributed by atoms with Gasteiger partial charge in [0.05, 0.1) is 14.7 Å². The van der Waals surface area contributed by atoms with Gasteiger partial charge in [-0.15, -0.1) is 11.3 Å². The van der Waals surface area contributed by atoms with E-state index in [0.717, 1.165) is 18.9 Å². The van der Waals surface area contributed by atoms with Crippen molar-refractivity contribution in [3.8, 4) is 5.75 Å². The number of halogens is 2. The number of thiophene rings is 1. The molecule has 2 rings (SSSR count). The Morgan fingerprint density at radius 3 is 2.50 bits per heavy atom. The van der Waals surface area contributed by atoms with Crippen LogP contribution < -0.4 is 4.74 Å². The Labute approximate surface area is 126 Å². The molecule has 0 aliphatic rings. The molecular weight excluding hydrogens is 380 g/mol. The molecule has 0 atom stereocenters. The fraction of sp³-hybridized carbons (Fsp3) is 0.154. The fourth-order valence-electron chi connectivity index (χ4n) is 1.67. The Hall–Kier alpha value is -0.650. The Balaban J connectivity index is 2.40. The molecule has 0 amide bonds. The van der Waals surface area contributed by atoms with E-state index in [9.17, 15) is 4.79 Å². The molecule has 1 aromatic carbocycles. The van der Waals surface area contributed by atoms with E-state index >= 15 is 0 Å². The van der Waals surface area contributed by atoms with Crippen LogP contribution in [-0.2, 0) is 0 Å². The quantitative estimate of drug-likeness (QED) is 0.703. The average molecular weight is 390 g/mol. The minimum atomic E-state index is 0.00887. The molecule has 0 bridgehead atoms. The van der Waals surface area contributed by atoms with Crippen molar-refractivity contribution >= 4 is 49.0 Å². The molecule has 18 heavy (non-hydrogen) atoms. The van der Waals surface area contributed by atoms with Gasteiger partial charge in [0.25, 0.3) is 0 Å². The SMILES string of the molecule is COc1ccc(C(=O)c2cc(Br)sc2Br)cc1C. The lowest BCUT2D eigenvalue weighted by atomic mass is 10.0. The highest BCUT2D eigenvalue weighted by atomic mass is 79.9. The minimum absolute atomic E-state index is 0.00887. The highest BCUT2D eigenvalue weighted by molar-refractivity contribution is 9.12. The van der Waals surface area contributed by atoms with E-state index in [1.54, 1.807) is 13.2 Å². The van der Waals surface area contributed by atoms with Crippen LogP contribution in [0, 0.1) is 6.92 Å². The number of hydrogen-bond donors (Lipinski definition) is 0. The molecule has 0 saturated carbocycles. The van der Waals surface area contributed by atoms with Crippen molar-refractivity contribution in [2.75, 3.05) is 7.11 Å². The van der Waals surface area contributed by atoms with Crippen LogP contribution in [0.1, 0.15) is 21.5 Å². The van der Waals surface area contributed by atoms with Gasteiger partial charge < -0.3 is 4.74 Å². The van der Waals surface area contributed by atoms with Gasteiger partial charge in [0.2, 0.25) is 0 Å². The number of aryl methyl sites for hydroxylation is 1. The summed E-state index contributed by atoms with van der Waals surface area (Å²) in [7, 11) is 1.62. The highest BCUT2D eigenvalue weighted by Crippen LogP contribution is 2.33. The lowest BCUT2D eigenvalue weighted by Crippen LogP contribution is -2.01. The molecule has 0 spiro atoms. The molecule has 0 fully saturated rings. The van der Waals surface area contributed by atoms with Crippen LogP contribution in [0.2, 0.25) is 0 Å². The number of methoxy groups -OCH3 is 1. The lowest BCUT2D eigenvalue weighted by Gasteiger charge is -2.06. The summed E-state index contributed by atoms with van der Waals surface area (Å²) in [5.41, 5.74) is 2.30. The van der Waals surface area contributed by atoms with Gasteiger partial charge in [0, 0.05) is 11.1 Å². The van der Waals surface area contributed by atoms with Crippen LogP contribution in [0.4, 0.5) is 0 Å². The number of ether oxygens (including phenoxy) is 1. The summed E-state index contributed by atoms with van der Waals surface area (Å²) in [6, 6.07) is 7.28. The molecule has 1 heterocycles. The molecule has 0 aliphatic carbocycles. The van der Waals surface area contributed by atoms with Crippen molar-refractivity contribution in [1.82, 2.24) is 0 Å². The number of carbonyl (C=O) groups excluding carboxylic acids is 1. The predicted molar refractivity (Wildman–Crippen MR) is 80.9 cm³/mol. The topological polar surface area (TPSA) is 26.3 Å². The molecule has 94 valence electrons. The second-order valence-electron chi connectivity index (χ2n) is 3.75. The molecule has 2 nitrogen and oxygen atoms in total. The largest absolute Gasteiger partial charge is 0.496 e. The van der Waals surface area contributed by atoms with Crippen LogP contribution in [0.3, 0.4) is 0 Å². The monoisotopic (exact) mass is 388 g/mol. The van der Waals surface area contributed by atoms with E-state index in [2.05, 4.69) is 31.9 Å². The van der Waals surface area contributed by atoms with E-state index in [4.69, 9.17) is 4.74 Å². The lowest BCUT2D eigenvalue weighted by molar-refractivity contribution is 0.103. The fourth-order valence-corrected chi connectivity index (χ4v) is 4.46. The van der Waals surface area contributed by atoms with Gasteiger partial charge in [-0.05, 0) is 68.6 Å². The Bertz CT molecular complexity index is 605. The van der Waals surface area contributed by atoms with Gasteiger partial charge in [-0.3, -0.25) is 4.79 Å². The van der Waals surface area contributed by atoms with Crippen LogP contribution in [0.5, 0.6) is 5.75 Å². The maximum Gasteiger partial charge on any atom is 0.195 e. The summed E-state index contributed by atoms with van der Waals surface area (Å²) < 4.78 is 6.96. The number of rotatable bonds is 3. The summed E-state index contributed by atoms with van der Waals surface area (Å²) >= 11 is 8.27. The number of hydrogen-bond acceptors (Lipinski definition) is 3. The summed E-state index contributed by atoms with van der Waals surface area (Å²) in [5, 5.41) is 0.